The van der Waals surface area contributed by atoms with Gasteiger partial charge in [-0.05, 0) is 37.0 Å². The highest BCUT2D eigenvalue weighted by atomic mass is 32.1. The molecule has 0 bridgehead atoms. The number of hydrogen-bond donors (Lipinski definition) is 1. The van der Waals surface area contributed by atoms with Crippen LogP contribution in [0.15, 0.2) is 35.7 Å². The van der Waals surface area contributed by atoms with E-state index in [1.807, 2.05) is 0 Å². The number of hydrogen-bond acceptors (Lipinski definition) is 3. The first-order valence-electron chi connectivity index (χ1n) is 6.99. The van der Waals surface area contributed by atoms with E-state index in [9.17, 15) is 13.6 Å². The highest BCUT2D eigenvalue weighted by Crippen LogP contribution is 2.27. The fourth-order valence-corrected chi connectivity index (χ4v) is 3.13. The van der Waals surface area contributed by atoms with Crippen LogP contribution in [0, 0.1) is 17.6 Å². The average molecular weight is 320 g/mol. The molecule has 1 aliphatic rings. The summed E-state index contributed by atoms with van der Waals surface area (Å²) < 4.78 is 26.2. The predicted molar refractivity (Wildman–Crippen MR) is 82.6 cm³/mol. The van der Waals surface area contributed by atoms with E-state index in [2.05, 4.69) is 22.5 Å². The van der Waals surface area contributed by atoms with Crippen molar-refractivity contribution in [2.24, 2.45) is 5.92 Å². The first kappa shape index (κ1) is 14.8. The Morgan fingerprint density at radius 3 is 2.95 bits per heavy atom. The fraction of sp³-hybridized carbons (Fsp3) is 0.250. The fourth-order valence-electron chi connectivity index (χ4n) is 2.39. The molecule has 1 aromatic carbocycles. The number of nitrogens with zero attached hydrogens (tertiary/aromatic N) is 1. The van der Waals surface area contributed by atoms with E-state index >= 15 is 0 Å². The normalized spacial score (nSPS) is 16.9. The molecule has 1 aromatic heterocycles. The minimum absolute atomic E-state index is 0.0808. The van der Waals surface area contributed by atoms with Crippen LogP contribution >= 0.6 is 11.3 Å². The van der Waals surface area contributed by atoms with Crippen molar-refractivity contribution in [3.8, 4) is 11.3 Å². The van der Waals surface area contributed by atoms with Crippen LogP contribution in [0.25, 0.3) is 11.3 Å². The second-order valence-electron chi connectivity index (χ2n) is 5.18. The highest BCUT2D eigenvalue weighted by molar-refractivity contribution is 7.14. The number of aromatic nitrogens is 1. The van der Waals surface area contributed by atoms with Gasteiger partial charge in [-0.1, -0.05) is 12.2 Å². The van der Waals surface area contributed by atoms with Crippen molar-refractivity contribution in [3.05, 3.63) is 47.4 Å². The Kier molecular flexibility index (Phi) is 4.29. The van der Waals surface area contributed by atoms with Gasteiger partial charge in [0.25, 0.3) is 0 Å². The van der Waals surface area contributed by atoms with Gasteiger partial charge in [-0.25, -0.2) is 13.8 Å². The van der Waals surface area contributed by atoms with Gasteiger partial charge in [0, 0.05) is 17.4 Å². The molecule has 0 saturated heterocycles. The number of rotatable bonds is 4. The minimum Gasteiger partial charge on any atom is -0.302 e. The monoisotopic (exact) mass is 320 g/mol. The van der Waals surface area contributed by atoms with Gasteiger partial charge in [-0.2, -0.15) is 0 Å². The van der Waals surface area contributed by atoms with E-state index in [4.69, 9.17) is 0 Å². The molecule has 1 aliphatic carbocycles. The summed E-state index contributed by atoms with van der Waals surface area (Å²) in [5.74, 6) is -1.59. The molecule has 0 spiro atoms. The van der Waals surface area contributed by atoms with E-state index < -0.39 is 11.6 Å². The molecule has 3 rings (SSSR count). The Hall–Kier alpha value is -2.08. The van der Waals surface area contributed by atoms with Crippen LogP contribution in [0.2, 0.25) is 0 Å². The highest BCUT2D eigenvalue weighted by Gasteiger charge is 2.15. The van der Waals surface area contributed by atoms with E-state index in [0.717, 1.165) is 25.0 Å². The zero-order valence-electron chi connectivity index (χ0n) is 11.7. The number of amides is 1. The van der Waals surface area contributed by atoms with Gasteiger partial charge < -0.3 is 5.32 Å². The molecule has 0 aliphatic heterocycles. The van der Waals surface area contributed by atoms with Crippen LogP contribution in [0.4, 0.5) is 13.9 Å². The van der Waals surface area contributed by atoms with Crippen LogP contribution in [0.3, 0.4) is 0 Å². The molecule has 0 saturated carbocycles. The van der Waals surface area contributed by atoms with Crippen LogP contribution in [0.5, 0.6) is 0 Å². The molecule has 1 unspecified atom stereocenters. The minimum atomic E-state index is -0.913. The van der Waals surface area contributed by atoms with Crippen LogP contribution in [-0.4, -0.2) is 10.9 Å². The van der Waals surface area contributed by atoms with Crippen molar-refractivity contribution >= 4 is 22.4 Å². The molecule has 22 heavy (non-hydrogen) atoms. The van der Waals surface area contributed by atoms with E-state index in [0.29, 0.717) is 28.7 Å². The second kappa shape index (κ2) is 6.36. The number of benzene rings is 1. The number of allylic oxidation sites excluding steroid dienone is 2. The third kappa shape index (κ3) is 3.39. The standard InChI is InChI=1S/C16H14F2N2OS/c17-12-6-5-11(8-13(12)18)14-9-22-16(19-14)20-15(21)7-10-3-1-2-4-10/h1,3,5-6,8-10H,2,4,7H2,(H,19,20,21). The number of halogens is 2. The zero-order valence-corrected chi connectivity index (χ0v) is 12.5. The molecule has 114 valence electrons. The molecule has 1 N–H and O–H groups in total. The lowest BCUT2D eigenvalue weighted by atomic mass is 10.1. The average Bonchev–Trinajstić information content (AvgIpc) is 3.13. The van der Waals surface area contributed by atoms with E-state index in [1.54, 1.807) is 5.38 Å². The molecule has 3 nitrogen and oxygen atoms in total. The Morgan fingerprint density at radius 2 is 2.23 bits per heavy atom. The maximum atomic E-state index is 13.2. The first-order chi connectivity index (χ1) is 10.6. The van der Waals surface area contributed by atoms with E-state index in [1.165, 1.54) is 17.4 Å². The number of nitrogens with one attached hydrogen (secondary N) is 1. The number of thiazole rings is 1. The van der Waals surface area contributed by atoms with Crippen LogP contribution < -0.4 is 5.32 Å². The quantitative estimate of drug-likeness (QED) is 0.849. The van der Waals surface area contributed by atoms with Crippen molar-refractivity contribution in [2.75, 3.05) is 5.32 Å². The SMILES string of the molecule is O=C(CC1C=CCC1)Nc1nc(-c2ccc(F)c(F)c2)cs1. The summed E-state index contributed by atoms with van der Waals surface area (Å²) in [5.41, 5.74) is 0.995. The molecule has 6 heteroatoms. The largest absolute Gasteiger partial charge is 0.302 e. The summed E-state index contributed by atoms with van der Waals surface area (Å²) in [5, 5.41) is 4.92. The lowest BCUT2D eigenvalue weighted by molar-refractivity contribution is -0.116. The number of anilines is 1. The van der Waals surface area contributed by atoms with Gasteiger partial charge in [0.2, 0.25) is 5.91 Å². The zero-order chi connectivity index (χ0) is 15.5. The van der Waals surface area contributed by atoms with Crippen molar-refractivity contribution in [1.29, 1.82) is 0 Å². The van der Waals surface area contributed by atoms with Gasteiger partial charge in [0.1, 0.15) is 0 Å². The third-order valence-electron chi connectivity index (χ3n) is 3.53. The maximum absolute atomic E-state index is 13.2. The third-order valence-corrected chi connectivity index (χ3v) is 4.28. The molecule has 0 radical (unpaired) electrons. The molecular formula is C16H14F2N2OS. The number of carbonyl (C=O) groups excluding carboxylic acids is 1. The summed E-state index contributed by atoms with van der Waals surface area (Å²) in [7, 11) is 0. The van der Waals surface area contributed by atoms with Crippen molar-refractivity contribution in [3.63, 3.8) is 0 Å². The van der Waals surface area contributed by atoms with Crippen molar-refractivity contribution in [1.82, 2.24) is 4.98 Å². The molecule has 1 amide bonds. The summed E-state index contributed by atoms with van der Waals surface area (Å²) >= 11 is 1.26. The smallest absolute Gasteiger partial charge is 0.226 e. The van der Waals surface area contributed by atoms with Gasteiger partial charge in [-0.3, -0.25) is 4.79 Å². The van der Waals surface area contributed by atoms with Crippen molar-refractivity contribution in [2.45, 2.75) is 19.3 Å². The Bertz CT molecular complexity index is 727. The molecule has 1 heterocycles. The topological polar surface area (TPSA) is 42.0 Å². The Morgan fingerprint density at radius 1 is 1.36 bits per heavy atom. The van der Waals surface area contributed by atoms with Crippen LogP contribution in [0.1, 0.15) is 19.3 Å². The Balaban J connectivity index is 1.66. The summed E-state index contributed by atoms with van der Waals surface area (Å²) in [6, 6.07) is 3.62. The molecule has 2 aromatic rings. The van der Waals surface area contributed by atoms with Gasteiger partial charge in [-0.15, -0.1) is 11.3 Å². The summed E-state index contributed by atoms with van der Waals surface area (Å²) in [6.45, 7) is 0. The number of carbonyl (C=O) groups is 1. The maximum Gasteiger partial charge on any atom is 0.226 e. The second-order valence-corrected chi connectivity index (χ2v) is 6.04. The molecular weight excluding hydrogens is 306 g/mol. The van der Waals surface area contributed by atoms with E-state index in [-0.39, 0.29) is 5.91 Å². The molecule has 1 atom stereocenters. The summed E-state index contributed by atoms with van der Waals surface area (Å²) in [4.78, 5) is 16.2. The van der Waals surface area contributed by atoms with Gasteiger partial charge >= 0.3 is 0 Å². The van der Waals surface area contributed by atoms with Crippen molar-refractivity contribution < 1.29 is 13.6 Å². The predicted octanol–water partition coefficient (Wildman–Crippen LogP) is 4.38. The Labute approximate surface area is 130 Å². The van der Waals surface area contributed by atoms with Crippen LogP contribution in [-0.2, 0) is 4.79 Å². The molecule has 0 fully saturated rings. The lowest BCUT2D eigenvalue weighted by Gasteiger charge is -2.06. The van der Waals surface area contributed by atoms with Gasteiger partial charge in [0.05, 0.1) is 5.69 Å². The summed E-state index contributed by atoms with van der Waals surface area (Å²) in [6.07, 6.45) is 6.62. The lowest BCUT2D eigenvalue weighted by Crippen LogP contribution is -2.14. The first-order valence-corrected chi connectivity index (χ1v) is 7.87. The van der Waals surface area contributed by atoms with Gasteiger partial charge in [0.15, 0.2) is 16.8 Å².